The largest absolute Gasteiger partial charge is 0.496 e. The quantitative estimate of drug-likeness (QED) is 0.804. The summed E-state index contributed by atoms with van der Waals surface area (Å²) in [5.74, 6) is -2.06. The van der Waals surface area contributed by atoms with Gasteiger partial charge in [-0.3, -0.25) is 4.79 Å². The second kappa shape index (κ2) is 7.32. The van der Waals surface area contributed by atoms with E-state index in [1.165, 1.54) is 25.3 Å². The van der Waals surface area contributed by atoms with Crippen LogP contribution in [0.25, 0.3) is 0 Å². The van der Waals surface area contributed by atoms with Crippen LogP contribution in [0.4, 0.5) is 8.78 Å². The summed E-state index contributed by atoms with van der Waals surface area (Å²) in [6.07, 6.45) is 0.273. The molecule has 1 N–H and O–H groups in total. The lowest BCUT2D eigenvalue weighted by atomic mass is 10.1. The first-order valence-electron chi connectivity index (χ1n) is 6.51. The second-order valence-corrected chi connectivity index (χ2v) is 5.43. The molecular weight excluding hydrogens is 372 g/mol. The maximum atomic E-state index is 13.7. The number of rotatable bonds is 5. The van der Waals surface area contributed by atoms with E-state index in [1.807, 2.05) is 0 Å². The van der Waals surface area contributed by atoms with E-state index in [-0.39, 0.29) is 11.8 Å². The van der Waals surface area contributed by atoms with Crippen LogP contribution in [0.15, 0.2) is 40.9 Å². The number of aldehydes is 1. The lowest BCUT2D eigenvalue weighted by molar-refractivity contribution is -0.109. The van der Waals surface area contributed by atoms with Crippen molar-refractivity contribution in [3.8, 4) is 5.75 Å². The molecule has 7 heteroatoms. The highest BCUT2D eigenvalue weighted by molar-refractivity contribution is 9.10. The Labute approximate surface area is 139 Å². The van der Waals surface area contributed by atoms with Crippen molar-refractivity contribution in [2.75, 3.05) is 7.11 Å². The van der Waals surface area contributed by atoms with Gasteiger partial charge in [0.05, 0.1) is 17.1 Å². The SMILES string of the molecule is COc1cc(C(=O)N[C@H](C=O)c2c(F)cccc2F)ccc1Br. The van der Waals surface area contributed by atoms with Crippen LogP contribution in [0.5, 0.6) is 5.75 Å². The zero-order valence-corrected chi connectivity index (χ0v) is 13.6. The standard InChI is InChI=1S/C16H12BrF2NO3/c1-23-14-7-9(5-6-10(14)17)16(22)20-13(8-21)15-11(18)3-2-4-12(15)19/h2-8,13H,1H3,(H,20,22)/t13-/m1/s1. The molecule has 120 valence electrons. The van der Waals surface area contributed by atoms with Crippen molar-refractivity contribution in [2.45, 2.75) is 6.04 Å². The summed E-state index contributed by atoms with van der Waals surface area (Å²) in [5, 5.41) is 2.29. The van der Waals surface area contributed by atoms with E-state index >= 15 is 0 Å². The van der Waals surface area contributed by atoms with Crippen molar-refractivity contribution >= 4 is 28.1 Å². The molecule has 4 nitrogen and oxygen atoms in total. The van der Waals surface area contributed by atoms with Crippen molar-refractivity contribution in [1.82, 2.24) is 5.32 Å². The predicted octanol–water partition coefficient (Wildman–Crippen LogP) is 3.41. The van der Waals surface area contributed by atoms with Gasteiger partial charge in [0, 0.05) is 5.56 Å². The summed E-state index contributed by atoms with van der Waals surface area (Å²) < 4.78 is 33.2. The number of hydrogen-bond acceptors (Lipinski definition) is 3. The highest BCUT2D eigenvalue weighted by Gasteiger charge is 2.22. The fraction of sp³-hybridized carbons (Fsp3) is 0.125. The molecular formula is C16H12BrF2NO3. The topological polar surface area (TPSA) is 55.4 Å². The summed E-state index contributed by atoms with van der Waals surface area (Å²) in [5.41, 5.74) is -0.312. The van der Waals surface area contributed by atoms with E-state index < -0.39 is 29.1 Å². The number of carbonyl (C=O) groups excluding carboxylic acids is 2. The molecule has 0 aliphatic heterocycles. The second-order valence-electron chi connectivity index (χ2n) is 4.57. The molecule has 0 fully saturated rings. The molecule has 1 atom stereocenters. The third-order valence-electron chi connectivity index (χ3n) is 3.15. The van der Waals surface area contributed by atoms with Gasteiger partial charge in [-0.15, -0.1) is 0 Å². The number of hydrogen-bond donors (Lipinski definition) is 1. The summed E-state index contributed by atoms with van der Waals surface area (Å²) in [6, 6.07) is 6.30. The van der Waals surface area contributed by atoms with E-state index in [2.05, 4.69) is 21.2 Å². The molecule has 23 heavy (non-hydrogen) atoms. The first-order chi connectivity index (χ1) is 11.0. The Bertz CT molecular complexity index is 732. The molecule has 0 aliphatic rings. The number of carbonyl (C=O) groups is 2. The van der Waals surface area contributed by atoms with Crippen molar-refractivity contribution in [1.29, 1.82) is 0 Å². The Morgan fingerprint density at radius 2 is 1.91 bits per heavy atom. The smallest absolute Gasteiger partial charge is 0.252 e. The van der Waals surface area contributed by atoms with E-state index in [0.29, 0.717) is 10.2 Å². The predicted molar refractivity (Wildman–Crippen MR) is 83.3 cm³/mol. The minimum atomic E-state index is -1.43. The first-order valence-corrected chi connectivity index (χ1v) is 7.30. The van der Waals surface area contributed by atoms with Gasteiger partial charge < -0.3 is 14.8 Å². The van der Waals surface area contributed by atoms with E-state index in [4.69, 9.17) is 4.74 Å². The van der Waals surface area contributed by atoms with Crippen LogP contribution in [-0.2, 0) is 4.79 Å². The van der Waals surface area contributed by atoms with Crippen LogP contribution in [0.3, 0.4) is 0 Å². The minimum Gasteiger partial charge on any atom is -0.496 e. The number of amides is 1. The molecule has 0 heterocycles. The maximum Gasteiger partial charge on any atom is 0.252 e. The zero-order chi connectivity index (χ0) is 17.0. The van der Waals surface area contributed by atoms with Gasteiger partial charge >= 0.3 is 0 Å². The fourth-order valence-corrected chi connectivity index (χ4v) is 2.42. The lowest BCUT2D eigenvalue weighted by Gasteiger charge is -2.15. The third kappa shape index (κ3) is 3.73. The van der Waals surface area contributed by atoms with E-state index in [9.17, 15) is 18.4 Å². The van der Waals surface area contributed by atoms with Gasteiger partial charge in [0.15, 0.2) is 0 Å². The van der Waals surface area contributed by atoms with Crippen molar-refractivity contribution in [3.05, 3.63) is 63.6 Å². The average Bonchev–Trinajstić information content (AvgIpc) is 2.53. The lowest BCUT2D eigenvalue weighted by Crippen LogP contribution is -2.30. The Balaban J connectivity index is 2.29. The Kier molecular flexibility index (Phi) is 5.44. The van der Waals surface area contributed by atoms with Gasteiger partial charge in [-0.1, -0.05) is 6.07 Å². The molecule has 0 saturated heterocycles. The first kappa shape index (κ1) is 17.1. The van der Waals surface area contributed by atoms with Crippen LogP contribution in [-0.4, -0.2) is 19.3 Å². The Hall–Kier alpha value is -2.28. The van der Waals surface area contributed by atoms with Gasteiger partial charge in [0.2, 0.25) is 0 Å². The van der Waals surface area contributed by atoms with Gasteiger partial charge in [-0.2, -0.15) is 0 Å². The molecule has 0 bridgehead atoms. The average molecular weight is 384 g/mol. The number of halogens is 3. The number of ether oxygens (including phenoxy) is 1. The number of methoxy groups -OCH3 is 1. The van der Waals surface area contributed by atoms with Gasteiger partial charge in [-0.25, -0.2) is 8.78 Å². The summed E-state index contributed by atoms with van der Waals surface area (Å²) in [6.45, 7) is 0. The fourth-order valence-electron chi connectivity index (χ4n) is 2.01. The Morgan fingerprint density at radius 1 is 1.26 bits per heavy atom. The van der Waals surface area contributed by atoms with Crippen LogP contribution in [0.1, 0.15) is 22.0 Å². The van der Waals surface area contributed by atoms with Gasteiger partial charge in [-0.05, 0) is 46.3 Å². The minimum absolute atomic E-state index is 0.189. The van der Waals surface area contributed by atoms with E-state index in [0.717, 1.165) is 12.1 Å². The van der Waals surface area contributed by atoms with Crippen LogP contribution < -0.4 is 10.1 Å². The molecule has 2 aromatic rings. The molecule has 1 amide bonds. The summed E-state index contributed by atoms with van der Waals surface area (Å²) >= 11 is 3.25. The monoisotopic (exact) mass is 383 g/mol. The molecule has 0 radical (unpaired) electrons. The normalized spacial score (nSPS) is 11.7. The number of benzene rings is 2. The van der Waals surface area contributed by atoms with Crippen molar-refractivity contribution in [2.24, 2.45) is 0 Å². The molecule has 2 aromatic carbocycles. The van der Waals surface area contributed by atoms with Gasteiger partial charge in [0.1, 0.15) is 29.7 Å². The molecule has 0 spiro atoms. The summed E-state index contributed by atoms with van der Waals surface area (Å²) in [4.78, 5) is 23.4. The van der Waals surface area contributed by atoms with Crippen LogP contribution >= 0.6 is 15.9 Å². The molecule has 0 aromatic heterocycles. The molecule has 0 aliphatic carbocycles. The molecule has 0 unspecified atom stereocenters. The van der Waals surface area contributed by atoms with Crippen LogP contribution in [0.2, 0.25) is 0 Å². The highest BCUT2D eigenvalue weighted by atomic mass is 79.9. The van der Waals surface area contributed by atoms with E-state index in [1.54, 1.807) is 6.07 Å². The highest BCUT2D eigenvalue weighted by Crippen LogP contribution is 2.26. The zero-order valence-electron chi connectivity index (χ0n) is 12.0. The van der Waals surface area contributed by atoms with Gasteiger partial charge in [0.25, 0.3) is 5.91 Å². The maximum absolute atomic E-state index is 13.7. The third-order valence-corrected chi connectivity index (χ3v) is 3.80. The van der Waals surface area contributed by atoms with Crippen molar-refractivity contribution < 1.29 is 23.1 Å². The summed E-state index contributed by atoms with van der Waals surface area (Å²) in [7, 11) is 1.44. The Morgan fingerprint density at radius 3 is 2.48 bits per heavy atom. The number of nitrogens with one attached hydrogen (secondary N) is 1. The van der Waals surface area contributed by atoms with Crippen molar-refractivity contribution in [3.63, 3.8) is 0 Å². The molecule has 2 rings (SSSR count). The molecule has 0 saturated carbocycles. The van der Waals surface area contributed by atoms with Crippen LogP contribution in [0, 0.1) is 11.6 Å².